The Morgan fingerprint density at radius 2 is 1.66 bits per heavy atom. The number of amides is 1. The van der Waals surface area contributed by atoms with Crippen molar-refractivity contribution in [1.29, 1.82) is 0 Å². The second kappa shape index (κ2) is 12.8. The van der Waals surface area contributed by atoms with Crippen LogP contribution in [0, 0.1) is 0 Å². The molecule has 1 N–H and O–H groups in total. The molecule has 2 aromatic carbocycles. The highest BCUT2D eigenvalue weighted by atomic mass is 16.5. The molecule has 35 heavy (non-hydrogen) atoms. The molecule has 182 valence electrons. The Balaban J connectivity index is 1.21. The minimum atomic E-state index is -0.0915. The first-order chi connectivity index (χ1) is 17.2. The Labute approximate surface area is 208 Å². The van der Waals surface area contributed by atoms with Crippen molar-refractivity contribution in [3.05, 3.63) is 102 Å². The fourth-order valence-electron chi connectivity index (χ4n) is 4.51. The molecule has 1 saturated heterocycles. The maximum absolute atomic E-state index is 12.1. The van der Waals surface area contributed by atoms with Crippen LogP contribution in [-0.4, -0.2) is 67.1 Å². The standard InChI is InChI=1S/C29H34N4O2/c1-35-27-21-24(22-30-23-27)13-14-28(34)31-15-8-16-32-17-19-33(20-18-32)29(25-9-4-2-5-10-25)26-11-6-3-7-12-26/h2-7,9-14,21-23,29H,8,15-20H2,1H3,(H,31,34). The van der Waals surface area contributed by atoms with Gasteiger partial charge in [-0.05, 0) is 41.8 Å². The number of pyridine rings is 1. The van der Waals surface area contributed by atoms with Gasteiger partial charge in [0, 0.05) is 45.0 Å². The number of ether oxygens (including phenoxy) is 1. The number of aromatic nitrogens is 1. The van der Waals surface area contributed by atoms with Gasteiger partial charge in [-0.15, -0.1) is 0 Å². The highest BCUT2D eigenvalue weighted by Crippen LogP contribution is 2.29. The molecule has 1 aliphatic heterocycles. The first-order valence-corrected chi connectivity index (χ1v) is 12.2. The summed E-state index contributed by atoms with van der Waals surface area (Å²) >= 11 is 0. The second-order valence-corrected chi connectivity index (χ2v) is 8.74. The quantitative estimate of drug-likeness (QED) is 0.358. The van der Waals surface area contributed by atoms with Gasteiger partial charge in [-0.25, -0.2) is 0 Å². The molecule has 0 radical (unpaired) electrons. The Morgan fingerprint density at radius 3 is 2.29 bits per heavy atom. The molecule has 0 aliphatic carbocycles. The van der Waals surface area contributed by atoms with Crippen molar-refractivity contribution in [1.82, 2.24) is 20.1 Å². The van der Waals surface area contributed by atoms with Crippen molar-refractivity contribution in [2.45, 2.75) is 12.5 Å². The molecular weight excluding hydrogens is 436 g/mol. The summed E-state index contributed by atoms with van der Waals surface area (Å²) in [6, 6.07) is 23.7. The third kappa shape index (κ3) is 7.25. The normalized spacial score (nSPS) is 14.9. The summed E-state index contributed by atoms with van der Waals surface area (Å²) in [5.74, 6) is 0.581. The average molecular weight is 471 g/mol. The zero-order chi connectivity index (χ0) is 24.3. The van der Waals surface area contributed by atoms with Crippen LogP contribution >= 0.6 is 0 Å². The summed E-state index contributed by atoms with van der Waals surface area (Å²) in [4.78, 5) is 21.3. The average Bonchev–Trinajstić information content (AvgIpc) is 2.92. The first-order valence-electron chi connectivity index (χ1n) is 12.2. The number of benzene rings is 2. The predicted octanol–water partition coefficient (Wildman–Crippen LogP) is 4.02. The first kappa shape index (κ1) is 24.6. The van der Waals surface area contributed by atoms with Gasteiger partial charge < -0.3 is 15.0 Å². The van der Waals surface area contributed by atoms with E-state index in [-0.39, 0.29) is 11.9 Å². The highest BCUT2D eigenvalue weighted by molar-refractivity contribution is 5.91. The molecule has 1 aliphatic rings. The summed E-state index contributed by atoms with van der Waals surface area (Å²) in [5, 5.41) is 2.98. The molecule has 4 rings (SSSR count). The van der Waals surface area contributed by atoms with Crippen molar-refractivity contribution in [3.8, 4) is 5.75 Å². The minimum Gasteiger partial charge on any atom is -0.495 e. The molecule has 1 aromatic heterocycles. The van der Waals surface area contributed by atoms with Crippen molar-refractivity contribution >= 4 is 12.0 Å². The van der Waals surface area contributed by atoms with Crippen molar-refractivity contribution in [2.75, 3.05) is 46.4 Å². The van der Waals surface area contributed by atoms with Gasteiger partial charge in [0.1, 0.15) is 5.75 Å². The lowest BCUT2D eigenvalue weighted by atomic mass is 9.96. The summed E-state index contributed by atoms with van der Waals surface area (Å²) in [7, 11) is 1.60. The zero-order valence-corrected chi connectivity index (χ0v) is 20.3. The van der Waals surface area contributed by atoms with Crippen LogP contribution < -0.4 is 10.1 Å². The van der Waals surface area contributed by atoms with Crippen LogP contribution in [0.1, 0.15) is 29.2 Å². The van der Waals surface area contributed by atoms with Crippen molar-refractivity contribution in [3.63, 3.8) is 0 Å². The van der Waals surface area contributed by atoms with Crippen molar-refractivity contribution < 1.29 is 9.53 Å². The van der Waals surface area contributed by atoms with Crippen LogP contribution in [0.5, 0.6) is 5.75 Å². The van der Waals surface area contributed by atoms with Crippen LogP contribution in [0.25, 0.3) is 6.08 Å². The van der Waals surface area contributed by atoms with E-state index in [2.05, 4.69) is 80.8 Å². The molecule has 1 fully saturated rings. The molecule has 0 saturated carbocycles. The van der Waals surface area contributed by atoms with E-state index in [4.69, 9.17) is 4.74 Å². The monoisotopic (exact) mass is 470 g/mol. The van der Waals surface area contributed by atoms with Gasteiger partial charge in [-0.2, -0.15) is 0 Å². The Morgan fingerprint density at radius 1 is 1.00 bits per heavy atom. The lowest BCUT2D eigenvalue weighted by molar-refractivity contribution is -0.116. The molecule has 1 amide bonds. The van der Waals surface area contributed by atoms with Gasteiger partial charge in [-0.1, -0.05) is 60.7 Å². The van der Waals surface area contributed by atoms with Gasteiger partial charge in [0.25, 0.3) is 0 Å². The lowest BCUT2D eigenvalue weighted by Gasteiger charge is -2.39. The van der Waals surface area contributed by atoms with E-state index in [0.717, 1.165) is 44.7 Å². The van der Waals surface area contributed by atoms with E-state index in [1.54, 1.807) is 31.7 Å². The van der Waals surface area contributed by atoms with Gasteiger partial charge in [-0.3, -0.25) is 14.7 Å². The number of piperazine rings is 1. The molecule has 6 nitrogen and oxygen atoms in total. The Kier molecular flexibility index (Phi) is 9.04. The van der Waals surface area contributed by atoms with Gasteiger partial charge in [0.2, 0.25) is 5.91 Å². The largest absolute Gasteiger partial charge is 0.495 e. The summed E-state index contributed by atoms with van der Waals surface area (Å²) in [6.45, 7) is 5.77. The van der Waals surface area contributed by atoms with E-state index in [9.17, 15) is 4.79 Å². The molecule has 0 unspecified atom stereocenters. The third-order valence-electron chi connectivity index (χ3n) is 6.35. The maximum atomic E-state index is 12.1. The SMILES string of the molecule is COc1cncc(C=CC(=O)NCCCN2CCN(C(c3ccccc3)c3ccccc3)CC2)c1. The fourth-order valence-corrected chi connectivity index (χ4v) is 4.51. The van der Waals surface area contributed by atoms with Gasteiger partial charge in [0.05, 0.1) is 19.3 Å². The van der Waals surface area contributed by atoms with E-state index in [1.807, 2.05) is 6.07 Å². The predicted molar refractivity (Wildman–Crippen MR) is 140 cm³/mol. The number of nitrogens with one attached hydrogen (secondary N) is 1. The number of nitrogens with zero attached hydrogens (tertiary/aromatic N) is 3. The summed E-state index contributed by atoms with van der Waals surface area (Å²) in [6.07, 6.45) is 7.57. The van der Waals surface area contributed by atoms with Gasteiger partial charge in [0.15, 0.2) is 0 Å². The molecule has 0 atom stereocenters. The molecule has 0 bridgehead atoms. The Hall–Kier alpha value is -3.48. The number of hydrogen-bond donors (Lipinski definition) is 1. The fraction of sp³-hybridized carbons (Fsp3) is 0.310. The topological polar surface area (TPSA) is 57.7 Å². The number of carbonyl (C=O) groups is 1. The van der Waals surface area contributed by atoms with Crippen LogP contribution in [-0.2, 0) is 4.79 Å². The number of methoxy groups -OCH3 is 1. The van der Waals surface area contributed by atoms with Crippen LogP contribution in [0.15, 0.2) is 85.2 Å². The highest BCUT2D eigenvalue weighted by Gasteiger charge is 2.26. The zero-order valence-electron chi connectivity index (χ0n) is 20.3. The molecule has 0 spiro atoms. The summed E-state index contributed by atoms with van der Waals surface area (Å²) < 4.78 is 5.16. The van der Waals surface area contributed by atoms with Crippen LogP contribution in [0.2, 0.25) is 0 Å². The van der Waals surface area contributed by atoms with Gasteiger partial charge >= 0.3 is 0 Å². The minimum absolute atomic E-state index is 0.0915. The molecule has 6 heteroatoms. The van der Waals surface area contributed by atoms with Crippen molar-refractivity contribution in [2.24, 2.45) is 0 Å². The van der Waals surface area contributed by atoms with E-state index >= 15 is 0 Å². The Bertz CT molecular complexity index is 1040. The molecule has 3 aromatic rings. The maximum Gasteiger partial charge on any atom is 0.244 e. The van der Waals surface area contributed by atoms with E-state index < -0.39 is 0 Å². The van der Waals surface area contributed by atoms with Crippen LogP contribution in [0.3, 0.4) is 0 Å². The lowest BCUT2D eigenvalue weighted by Crippen LogP contribution is -2.48. The third-order valence-corrected chi connectivity index (χ3v) is 6.35. The number of hydrogen-bond acceptors (Lipinski definition) is 5. The summed E-state index contributed by atoms with van der Waals surface area (Å²) in [5.41, 5.74) is 3.52. The molecular formula is C29H34N4O2. The number of carbonyl (C=O) groups excluding carboxylic acids is 1. The number of rotatable bonds is 10. The second-order valence-electron chi connectivity index (χ2n) is 8.74. The smallest absolute Gasteiger partial charge is 0.244 e. The van der Waals surface area contributed by atoms with E-state index in [1.165, 1.54) is 11.1 Å². The molecule has 2 heterocycles. The van der Waals surface area contributed by atoms with Crippen LogP contribution in [0.4, 0.5) is 0 Å². The van der Waals surface area contributed by atoms with E-state index in [0.29, 0.717) is 12.3 Å².